The summed E-state index contributed by atoms with van der Waals surface area (Å²) in [5.74, 6) is 1.41. The summed E-state index contributed by atoms with van der Waals surface area (Å²) in [5, 5.41) is 4.94. The van der Waals surface area contributed by atoms with Crippen molar-refractivity contribution in [3.05, 3.63) is 70.8 Å². The second kappa shape index (κ2) is 11.8. The molecular formula is C30H33N3O3S2. The number of thioether (sulfide) groups is 1. The first-order valence-corrected chi connectivity index (χ1v) is 14.4. The molecular weight excluding hydrogens is 514 g/mol. The molecule has 3 heterocycles. The summed E-state index contributed by atoms with van der Waals surface area (Å²) >= 11 is 6.91. The van der Waals surface area contributed by atoms with Crippen LogP contribution < -0.4 is 4.74 Å². The van der Waals surface area contributed by atoms with E-state index in [1.54, 1.807) is 4.90 Å². The van der Waals surface area contributed by atoms with E-state index in [-0.39, 0.29) is 12.0 Å². The Hall–Kier alpha value is -2.94. The number of rotatable bonds is 9. The molecule has 1 aromatic heterocycles. The Morgan fingerprint density at radius 1 is 1.24 bits per heavy atom. The van der Waals surface area contributed by atoms with Gasteiger partial charge in [0.1, 0.15) is 15.8 Å². The molecule has 198 valence electrons. The van der Waals surface area contributed by atoms with Gasteiger partial charge in [-0.2, -0.15) is 5.10 Å². The molecule has 2 aliphatic rings. The van der Waals surface area contributed by atoms with Gasteiger partial charge in [0.05, 0.1) is 29.8 Å². The minimum absolute atomic E-state index is 0.0532. The van der Waals surface area contributed by atoms with Crippen molar-refractivity contribution < 1.29 is 14.3 Å². The Bertz CT molecular complexity index is 1340. The van der Waals surface area contributed by atoms with Gasteiger partial charge in [0, 0.05) is 23.9 Å². The predicted molar refractivity (Wildman–Crippen MR) is 158 cm³/mol. The average Bonchev–Trinajstić information content (AvgIpc) is 3.63. The van der Waals surface area contributed by atoms with Crippen LogP contribution in [0.2, 0.25) is 0 Å². The molecule has 3 aromatic rings. The van der Waals surface area contributed by atoms with Crippen LogP contribution in [0.25, 0.3) is 23.0 Å². The van der Waals surface area contributed by atoms with Crippen LogP contribution in [-0.4, -0.2) is 50.8 Å². The molecule has 0 aliphatic carbocycles. The van der Waals surface area contributed by atoms with Crippen LogP contribution in [0, 0.1) is 12.8 Å². The Balaban J connectivity index is 1.46. The number of amides is 1. The fourth-order valence-corrected chi connectivity index (χ4v) is 5.85. The zero-order valence-corrected chi connectivity index (χ0v) is 23.7. The molecule has 2 aromatic carbocycles. The van der Waals surface area contributed by atoms with Crippen LogP contribution in [0.1, 0.15) is 44.2 Å². The van der Waals surface area contributed by atoms with E-state index < -0.39 is 0 Å². The lowest BCUT2D eigenvalue weighted by Gasteiger charge is -2.18. The highest BCUT2D eigenvalue weighted by molar-refractivity contribution is 8.26. The number of thiocarbonyl (C=S) groups is 1. The first kappa shape index (κ1) is 26.7. The summed E-state index contributed by atoms with van der Waals surface area (Å²) in [7, 11) is 0. The van der Waals surface area contributed by atoms with Gasteiger partial charge in [0.15, 0.2) is 0 Å². The first-order valence-electron chi connectivity index (χ1n) is 13.1. The number of hydrogen-bond donors (Lipinski definition) is 0. The van der Waals surface area contributed by atoms with Crippen LogP contribution in [0.4, 0.5) is 0 Å². The maximum absolute atomic E-state index is 13.3. The molecule has 1 atom stereocenters. The maximum atomic E-state index is 13.3. The normalized spacial score (nSPS) is 18.8. The van der Waals surface area contributed by atoms with Crippen molar-refractivity contribution in [1.82, 2.24) is 14.7 Å². The largest absolute Gasteiger partial charge is 0.493 e. The summed E-state index contributed by atoms with van der Waals surface area (Å²) in [6, 6.07) is 16.1. The van der Waals surface area contributed by atoms with Gasteiger partial charge < -0.3 is 9.47 Å². The van der Waals surface area contributed by atoms with Crippen LogP contribution in [0.15, 0.2) is 59.6 Å². The number of carbonyl (C=O) groups is 1. The topological polar surface area (TPSA) is 56.6 Å². The fourth-order valence-electron chi connectivity index (χ4n) is 4.58. The molecule has 0 N–H and O–H groups in total. The summed E-state index contributed by atoms with van der Waals surface area (Å²) in [4.78, 5) is 15.6. The quantitative estimate of drug-likeness (QED) is 0.221. The summed E-state index contributed by atoms with van der Waals surface area (Å²) in [6.45, 7) is 8.39. The molecule has 0 saturated carbocycles. The molecule has 6 nitrogen and oxygen atoms in total. The monoisotopic (exact) mass is 547 g/mol. The molecule has 2 saturated heterocycles. The SMILES string of the molecule is Cc1cc(-c2nn(-c3ccccc3)cc2/C=C2\SC(=S)N(C[C@H]3CCCO3)C2=O)ccc1OCCC(C)C. The van der Waals surface area contributed by atoms with E-state index in [2.05, 4.69) is 26.8 Å². The summed E-state index contributed by atoms with van der Waals surface area (Å²) in [6.07, 6.45) is 6.94. The van der Waals surface area contributed by atoms with Crippen LogP contribution >= 0.6 is 24.0 Å². The molecule has 0 spiro atoms. The van der Waals surface area contributed by atoms with Crippen molar-refractivity contribution in [3.8, 4) is 22.7 Å². The highest BCUT2D eigenvalue weighted by Gasteiger charge is 2.35. The third-order valence-corrected chi connectivity index (χ3v) is 8.11. The number of nitrogens with zero attached hydrogens (tertiary/aromatic N) is 3. The zero-order chi connectivity index (χ0) is 26.6. The first-order chi connectivity index (χ1) is 18.4. The predicted octanol–water partition coefficient (Wildman–Crippen LogP) is 6.65. The molecule has 2 fully saturated rings. The number of aryl methyl sites for hydroxylation is 1. The van der Waals surface area contributed by atoms with Crippen molar-refractivity contribution >= 4 is 40.3 Å². The van der Waals surface area contributed by atoms with E-state index in [9.17, 15) is 4.79 Å². The average molecular weight is 548 g/mol. The number of hydrogen-bond acceptors (Lipinski definition) is 6. The standard InChI is InChI=1S/C30H33N3O3S2/c1-20(2)13-15-36-26-12-11-22(16-21(26)3)28-23(18-33(31-28)24-8-5-4-6-9-24)17-27-29(34)32(30(37)38-27)19-25-10-7-14-35-25/h4-6,8-9,11-12,16-18,20,25H,7,10,13-15,19H2,1-3H3/b27-17-/t25-/m1/s1. The molecule has 8 heteroatoms. The second-order valence-electron chi connectivity index (χ2n) is 10.2. The Kier molecular flexibility index (Phi) is 8.31. The summed E-state index contributed by atoms with van der Waals surface area (Å²) in [5.41, 5.74) is 4.63. The fraction of sp³-hybridized carbons (Fsp3) is 0.367. The number of carbonyl (C=O) groups excluding carboxylic acids is 1. The highest BCUT2D eigenvalue weighted by atomic mass is 32.2. The smallest absolute Gasteiger partial charge is 0.266 e. The highest BCUT2D eigenvalue weighted by Crippen LogP contribution is 2.36. The van der Waals surface area contributed by atoms with E-state index in [0.717, 1.165) is 59.7 Å². The number of para-hydroxylation sites is 1. The minimum atomic E-state index is -0.0704. The van der Waals surface area contributed by atoms with E-state index in [4.69, 9.17) is 26.8 Å². The van der Waals surface area contributed by atoms with Crippen LogP contribution in [0.3, 0.4) is 0 Å². The third-order valence-electron chi connectivity index (χ3n) is 6.73. The van der Waals surface area contributed by atoms with Gasteiger partial charge in [0.2, 0.25) is 0 Å². The van der Waals surface area contributed by atoms with Crippen molar-refractivity contribution in [1.29, 1.82) is 0 Å². The molecule has 0 unspecified atom stereocenters. The molecule has 1 amide bonds. The number of ether oxygens (including phenoxy) is 2. The van der Waals surface area contributed by atoms with E-state index in [0.29, 0.717) is 28.3 Å². The Morgan fingerprint density at radius 2 is 2.05 bits per heavy atom. The Morgan fingerprint density at radius 3 is 2.76 bits per heavy atom. The van der Waals surface area contributed by atoms with E-state index >= 15 is 0 Å². The maximum Gasteiger partial charge on any atom is 0.266 e. The van der Waals surface area contributed by atoms with Gasteiger partial charge in [-0.3, -0.25) is 9.69 Å². The second-order valence-corrected chi connectivity index (χ2v) is 11.8. The van der Waals surface area contributed by atoms with Gasteiger partial charge in [0.25, 0.3) is 5.91 Å². The molecule has 5 rings (SSSR count). The molecule has 38 heavy (non-hydrogen) atoms. The molecule has 2 aliphatic heterocycles. The lowest BCUT2D eigenvalue weighted by molar-refractivity contribution is -0.123. The summed E-state index contributed by atoms with van der Waals surface area (Å²) < 4.78 is 14.2. The van der Waals surface area contributed by atoms with Crippen molar-refractivity contribution in [2.45, 2.75) is 46.1 Å². The van der Waals surface area contributed by atoms with Gasteiger partial charge in [-0.15, -0.1) is 0 Å². The van der Waals surface area contributed by atoms with Crippen molar-refractivity contribution in [3.63, 3.8) is 0 Å². The van der Waals surface area contributed by atoms with Gasteiger partial charge in [-0.05, 0) is 74.1 Å². The lowest BCUT2D eigenvalue weighted by Crippen LogP contribution is -2.35. The number of benzene rings is 2. The third kappa shape index (κ3) is 6.03. The molecule has 0 radical (unpaired) electrons. The van der Waals surface area contributed by atoms with Crippen molar-refractivity contribution in [2.75, 3.05) is 19.8 Å². The van der Waals surface area contributed by atoms with Gasteiger partial charge in [-0.1, -0.05) is 56.0 Å². The van der Waals surface area contributed by atoms with Gasteiger partial charge >= 0.3 is 0 Å². The van der Waals surface area contributed by atoms with Crippen LogP contribution in [0.5, 0.6) is 5.75 Å². The van der Waals surface area contributed by atoms with Crippen molar-refractivity contribution in [2.24, 2.45) is 5.92 Å². The number of aromatic nitrogens is 2. The van der Waals surface area contributed by atoms with Gasteiger partial charge in [-0.25, -0.2) is 4.68 Å². The van der Waals surface area contributed by atoms with E-state index in [1.165, 1.54) is 11.8 Å². The molecule has 0 bridgehead atoms. The lowest BCUT2D eigenvalue weighted by atomic mass is 10.0. The van der Waals surface area contributed by atoms with E-state index in [1.807, 2.05) is 59.4 Å². The minimum Gasteiger partial charge on any atom is -0.493 e. The Labute approximate surface area is 234 Å². The zero-order valence-electron chi connectivity index (χ0n) is 22.1. The van der Waals surface area contributed by atoms with Crippen LogP contribution in [-0.2, 0) is 9.53 Å².